The lowest BCUT2D eigenvalue weighted by atomic mass is 10.5. The van der Waals surface area contributed by atoms with Gasteiger partial charge in [-0.3, -0.25) is 0 Å². The zero-order valence-corrected chi connectivity index (χ0v) is 8.62. The van der Waals surface area contributed by atoms with Crippen LogP contribution in [0.25, 0.3) is 11.2 Å². The van der Waals surface area contributed by atoms with Crippen LogP contribution < -0.4 is 11.1 Å². The molecule has 0 saturated heterocycles. The molecule has 0 aromatic carbocycles. The average molecular weight is 228 g/mol. The summed E-state index contributed by atoms with van der Waals surface area (Å²) >= 11 is 0. The van der Waals surface area contributed by atoms with Gasteiger partial charge in [0.1, 0.15) is 17.7 Å². The summed E-state index contributed by atoms with van der Waals surface area (Å²) in [7, 11) is 0. The molecule has 17 heavy (non-hydrogen) atoms. The minimum absolute atomic E-state index is 0.337. The van der Waals surface area contributed by atoms with Crippen molar-refractivity contribution in [2.24, 2.45) is 0 Å². The Kier molecular flexibility index (Phi) is 2.04. The largest absolute Gasteiger partial charge is 0.382 e. The maximum Gasteiger partial charge on any atom is 0.232 e. The number of hydrogen-bond acceptors (Lipinski definition) is 7. The number of H-pyrrole nitrogens is 1. The zero-order valence-electron chi connectivity index (χ0n) is 8.62. The van der Waals surface area contributed by atoms with E-state index in [1.165, 1.54) is 12.7 Å². The van der Waals surface area contributed by atoms with E-state index in [1.54, 1.807) is 12.3 Å². The SMILES string of the molecule is Nc1nc(Nc2ccncn2)nc2nc[nH]c12. The van der Waals surface area contributed by atoms with Gasteiger partial charge in [-0.15, -0.1) is 0 Å². The molecule has 8 heteroatoms. The molecule has 0 spiro atoms. The Balaban J connectivity index is 2.01. The molecular formula is C9H8N8. The van der Waals surface area contributed by atoms with E-state index in [0.717, 1.165) is 0 Å². The molecule has 0 aliphatic carbocycles. The quantitative estimate of drug-likeness (QED) is 0.583. The standard InChI is InChI=1S/C9H8N8/c10-7-6-8(14-4-13-6)17-9(16-7)15-5-1-2-11-3-12-5/h1-4H,(H4,10,11,12,13,14,15,16,17). The van der Waals surface area contributed by atoms with Crippen LogP contribution in [0.4, 0.5) is 17.6 Å². The number of nitrogens with zero attached hydrogens (tertiary/aromatic N) is 5. The van der Waals surface area contributed by atoms with Gasteiger partial charge >= 0.3 is 0 Å². The Morgan fingerprint density at radius 1 is 1.24 bits per heavy atom. The van der Waals surface area contributed by atoms with Crippen molar-refractivity contribution in [3.8, 4) is 0 Å². The highest BCUT2D eigenvalue weighted by molar-refractivity contribution is 5.82. The van der Waals surface area contributed by atoms with E-state index in [1.807, 2.05) is 0 Å². The van der Waals surface area contributed by atoms with Gasteiger partial charge in [0.2, 0.25) is 5.95 Å². The number of fused-ring (bicyclic) bond motifs is 1. The maximum atomic E-state index is 5.76. The van der Waals surface area contributed by atoms with Crippen LogP contribution in [0, 0.1) is 0 Å². The molecule has 0 aliphatic rings. The van der Waals surface area contributed by atoms with Crippen molar-refractivity contribution in [3.05, 3.63) is 24.9 Å². The maximum absolute atomic E-state index is 5.76. The van der Waals surface area contributed by atoms with Crippen molar-refractivity contribution in [1.82, 2.24) is 29.9 Å². The van der Waals surface area contributed by atoms with Crippen molar-refractivity contribution in [2.45, 2.75) is 0 Å². The molecule has 0 atom stereocenters. The fourth-order valence-corrected chi connectivity index (χ4v) is 1.39. The number of rotatable bonds is 2. The molecule has 0 aliphatic heterocycles. The number of imidazole rings is 1. The van der Waals surface area contributed by atoms with Crippen molar-refractivity contribution >= 4 is 28.7 Å². The van der Waals surface area contributed by atoms with Gasteiger partial charge in [-0.2, -0.15) is 9.97 Å². The number of hydrogen-bond donors (Lipinski definition) is 3. The van der Waals surface area contributed by atoms with Gasteiger partial charge in [0, 0.05) is 6.20 Å². The number of aromatic nitrogens is 6. The Labute approximate surface area is 95.4 Å². The molecule has 3 aromatic heterocycles. The summed E-state index contributed by atoms with van der Waals surface area (Å²) in [5.41, 5.74) is 6.89. The van der Waals surface area contributed by atoms with E-state index in [0.29, 0.717) is 28.7 Å². The summed E-state index contributed by atoms with van der Waals surface area (Å²) in [6, 6.07) is 1.70. The van der Waals surface area contributed by atoms with Gasteiger partial charge in [0.15, 0.2) is 11.5 Å². The first-order chi connectivity index (χ1) is 8.33. The Hall–Kier alpha value is -2.77. The monoisotopic (exact) mass is 228 g/mol. The summed E-state index contributed by atoms with van der Waals surface area (Å²) in [5.74, 6) is 1.28. The van der Waals surface area contributed by atoms with E-state index in [2.05, 4.69) is 35.2 Å². The summed E-state index contributed by atoms with van der Waals surface area (Å²) in [6.07, 6.45) is 4.56. The van der Waals surface area contributed by atoms with Gasteiger partial charge in [-0.05, 0) is 6.07 Å². The number of aromatic amines is 1. The van der Waals surface area contributed by atoms with Gasteiger partial charge < -0.3 is 16.0 Å². The van der Waals surface area contributed by atoms with Gasteiger partial charge in [-0.25, -0.2) is 15.0 Å². The second-order valence-electron chi connectivity index (χ2n) is 3.25. The average Bonchev–Trinajstić information content (AvgIpc) is 2.79. The van der Waals surface area contributed by atoms with Crippen molar-refractivity contribution < 1.29 is 0 Å². The first-order valence-electron chi connectivity index (χ1n) is 4.82. The van der Waals surface area contributed by atoms with Crippen molar-refractivity contribution in [3.63, 3.8) is 0 Å². The van der Waals surface area contributed by atoms with Gasteiger partial charge in [0.05, 0.1) is 6.33 Å². The lowest BCUT2D eigenvalue weighted by Gasteiger charge is -2.03. The summed E-state index contributed by atoms with van der Waals surface area (Å²) in [4.78, 5) is 23.0. The summed E-state index contributed by atoms with van der Waals surface area (Å²) in [6.45, 7) is 0. The molecule has 0 saturated carbocycles. The fraction of sp³-hybridized carbons (Fsp3) is 0. The van der Waals surface area contributed by atoms with Crippen LogP contribution in [-0.2, 0) is 0 Å². The number of nitrogen functional groups attached to an aromatic ring is 1. The van der Waals surface area contributed by atoms with Gasteiger partial charge in [-0.1, -0.05) is 0 Å². The van der Waals surface area contributed by atoms with E-state index in [9.17, 15) is 0 Å². The zero-order chi connectivity index (χ0) is 11.7. The third-order valence-electron chi connectivity index (χ3n) is 2.14. The lowest BCUT2D eigenvalue weighted by Crippen LogP contribution is -2.02. The van der Waals surface area contributed by atoms with Crippen LogP contribution >= 0.6 is 0 Å². The summed E-state index contributed by atoms with van der Waals surface area (Å²) in [5, 5.41) is 2.92. The molecule has 0 fully saturated rings. The van der Waals surface area contributed by atoms with E-state index < -0.39 is 0 Å². The predicted octanol–water partition coefficient (Wildman–Crippen LogP) is 0.469. The molecule has 4 N–H and O–H groups in total. The van der Waals surface area contributed by atoms with Crippen LogP contribution in [0.5, 0.6) is 0 Å². The Morgan fingerprint density at radius 2 is 2.18 bits per heavy atom. The minimum atomic E-state index is 0.337. The first-order valence-corrected chi connectivity index (χ1v) is 4.82. The third-order valence-corrected chi connectivity index (χ3v) is 2.14. The van der Waals surface area contributed by atoms with Crippen LogP contribution in [-0.4, -0.2) is 29.9 Å². The Bertz CT molecular complexity index is 646. The molecule has 8 nitrogen and oxygen atoms in total. The lowest BCUT2D eigenvalue weighted by molar-refractivity contribution is 1.13. The van der Waals surface area contributed by atoms with E-state index in [4.69, 9.17) is 5.73 Å². The number of nitrogens with two attached hydrogens (primary N) is 1. The van der Waals surface area contributed by atoms with E-state index in [-0.39, 0.29) is 0 Å². The molecule has 84 valence electrons. The second-order valence-corrected chi connectivity index (χ2v) is 3.25. The summed E-state index contributed by atoms with van der Waals surface area (Å²) < 4.78 is 0. The molecule has 3 heterocycles. The molecule has 0 amide bonds. The molecular weight excluding hydrogens is 220 g/mol. The third kappa shape index (κ3) is 1.71. The van der Waals surface area contributed by atoms with Crippen LogP contribution in [0.15, 0.2) is 24.9 Å². The number of anilines is 3. The van der Waals surface area contributed by atoms with Crippen LogP contribution in [0.3, 0.4) is 0 Å². The fourth-order valence-electron chi connectivity index (χ4n) is 1.39. The molecule has 0 unspecified atom stereocenters. The highest BCUT2D eigenvalue weighted by Gasteiger charge is 2.07. The highest BCUT2D eigenvalue weighted by Crippen LogP contribution is 2.17. The first kappa shape index (κ1) is 9.46. The van der Waals surface area contributed by atoms with Crippen LogP contribution in [0.2, 0.25) is 0 Å². The molecule has 3 rings (SSSR count). The molecule has 0 bridgehead atoms. The normalized spacial score (nSPS) is 10.6. The highest BCUT2D eigenvalue weighted by atomic mass is 15.2. The number of nitrogens with one attached hydrogen (secondary N) is 2. The van der Waals surface area contributed by atoms with E-state index >= 15 is 0 Å². The molecule has 3 aromatic rings. The smallest absolute Gasteiger partial charge is 0.232 e. The minimum Gasteiger partial charge on any atom is -0.382 e. The van der Waals surface area contributed by atoms with Gasteiger partial charge in [0.25, 0.3) is 0 Å². The van der Waals surface area contributed by atoms with Crippen LogP contribution in [0.1, 0.15) is 0 Å². The van der Waals surface area contributed by atoms with Crippen molar-refractivity contribution in [1.29, 1.82) is 0 Å². The molecule has 0 radical (unpaired) electrons. The van der Waals surface area contributed by atoms with Crippen molar-refractivity contribution in [2.75, 3.05) is 11.1 Å². The predicted molar refractivity (Wildman–Crippen MR) is 61.4 cm³/mol. The topological polar surface area (TPSA) is 118 Å². The second kappa shape index (κ2) is 3.67. The Morgan fingerprint density at radius 3 is 3.00 bits per heavy atom.